The van der Waals surface area contributed by atoms with Gasteiger partial charge in [0, 0.05) is 26.3 Å². The van der Waals surface area contributed by atoms with Crippen LogP contribution in [-0.4, -0.2) is 42.3 Å². The number of hydrogen-bond acceptors (Lipinski definition) is 6. The molecule has 1 aromatic heterocycles. The predicted octanol–water partition coefficient (Wildman–Crippen LogP) is 0.388. The molecule has 0 bridgehead atoms. The normalized spacial score (nSPS) is 23.6. The third kappa shape index (κ3) is 2.69. The van der Waals surface area contributed by atoms with Gasteiger partial charge in [-0.2, -0.15) is 0 Å². The molecule has 7 nitrogen and oxygen atoms in total. The lowest BCUT2D eigenvalue weighted by Gasteiger charge is -2.18. The number of rotatable bonds is 4. The van der Waals surface area contributed by atoms with Crippen molar-refractivity contribution in [3.05, 3.63) is 28.4 Å². The molecule has 1 aliphatic heterocycles. The van der Waals surface area contributed by atoms with Gasteiger partial charge < -0.3 is 15.4 Å². The zero-order chi connectivity index (χ0) is 12.3. The molecule has 2 heterocycles. The molecule has 1 unspecified atom stereocenters. The zero-order valence-electron chi connectivity index (χ0n) is 9.42. The van der Waals surface area contributed by atoms with E-state index in [9.17, 15) is 10.1 Å². The number of hydrogen-bond donors (Lipinski definition) is 2. The number of pyridine rings is 1. The van der Waals surface area contributed by atoms with Gasteiger partial charge in [-0.05, 0) is 6.07 Å². The predicted molar refractivity (Wildman–Crippen MR) is 62.0 cm³/mol. The molecule has 1 aliphatic rings. The molecule has 0 amide bonds. The lowest BCUT2D eigenvalue weighted by atomic mass is 10.2. The van der Waals surface area contributed by atoms with Crippen molar-refractivity contribution < 1.29 is 9.66 Å². The molecule has 7 heteroatoms. The van der Waals surface area contributed by atoms with Crippen molar-refractivity contribution >= 4 is 11.5 Å². The second-order valence-corrected chi connectivity index (χ2v) is 3.84. The molecule has 92 valence electrons. The Bertz CT molecular complexity index is 395. The van der Waals surface area contributed by atoms with Crippen LogP contribution in [0.3, 0.4) is 0 Å². The minimum atomic E-state index is -0.466. The topological polar surface area (TPSA) is 89.3 Å². The summed E-state index contributed by atoms with van der Waals surface area (Å²) in [5.74, 6) is 0.617. The summed E-state index contributed by atoms with van der Waals surface area (Å²) in [6.07, 6.45) is 1.33. The molecule has 2 rings (SSSR count). The highest BCUT2D eigenvalue weighted by Gasteiger charge is 2.26. The van der Waals surface area contributed by atoms with Gasteiger partial charge in [0.25, 0.3) is 5.69 Å². The summed E-state index contributed by atoms with van der Waals surface area (Å²) in [7, 11) is 1.66. The summed E-state index contributed by atoms with van der Waals surface area (Å²) in [4.78, 5) is 14.0. The minimum absolute atomic E-state index is 0.0108. The van der Waals surface area contributed by atoms with Crippen molar-refractivity contribution in [1.29, 1.82) is 0 Å². The summed E-state index contributed by atoms with van der Waals surface area (Å²) in [6.45, 7) is 1.58. The van der Waals surface area contributed by atoms with Gasteiger partial charge in [-0.3, -0.25) is 10.1 Å². The van der Waals surface area contributed by atoms with Crippen LogP contribution in [0.1, 0.15) is 0 Å². The largest absolute Gasteiger partial charge is 0.378 e. The molecule has 0 radical (unpaired) electrons. The smallest absolute Gasteiger partial charge is 0.287 e. The van der Waals surface area contributed by atoms with Crippen LogP contribution in [0.15, 0.2) is 18.3 Å². The molecule has 0 aliphatic carbocycles. The second-order valence-electron chi connectivity index (χ2n) is 3.84. The summed E-state index contributed by atoms with van der Waals surface area (Å²) < 4.78 is 5.30. The molecular formula is C10H14N4O3. The highest BCUT2D eigenvalue weighted by atomic mass is 16.6. The minimum Gasteiger partial charge on any atom is -0.378 e. The Labute approximate surface area is 98.3 Å². The third-order valence-corrected chi connectivity index (χ3v) is 2.75. The number of anilines is 1. The van der Waals surface area contributed by atoms with Gasteiger partial charge in [0.1, 0.15) is 12.0 Å². The molecule has 0 aromatic carbocycles. The van der Waals surface area contributed by atoms with Crippen molar-refractivity contribution in [3.63, 3.8) is 0 Å². The van der Waals surface area contributed by atoms with Crippen LogP contribution in [0.25, 0.3) is 0 Å². The van der Waals surface area contributed by atoms with Crippen molar-refractivity contribution in [2.75, 3.05) is 25.5 Å². The Morgan fingerprint density at radius 3 is 3.00 bits per heavy atom. The molecule has 1 saturated heterocycles. The fraction of sp³-hybridized carbons (Fsp3) is 0.500. The van der Waals surface area contributed by atoms with Crippen molar-refractivity contribution in [2.24, 2.45) is 0 Å². The number of methoxy groups -OCH3 is 1. The van der Waals surface area contributed by atoms with Crippen molar-refractivity contribution in [2.45, 2.75) is 12.1 Å². The molecule has 2 N–H and O–H groups in total. The van der Waals surface area contributed by atoms with E-state index in [1.54, 1.807) is 13.2 Å². The monoisotopic (exact) mass is 238 g/mol. The number of nitrogens with zero attached hydrogens (tertiary/aromatic N) is 2. The number of nitro groups is 1. The highest BCUT2D eigenvalue weighted by Crippen LogP contribution is 2.15. The van der Waals surface area contributed by atoms with Gasteiger partial charge >= 0.3 is 0 Å². The quantitative estimate of drug-likeness (QED) is 0.582. The van der Waals surface area contributed by atoms with Crippen LogP contribution in [0, 0.1) is 10.1 Å². The maximum absolute atomic E-state index is 10.5. The average molecular weight is 238 g/mol. The average Bonchev–Trinajstić information content (AvgIpc) is 2.77. The third-order valence-electron chi connectivity index (χ3n) is 2.75. The van der Waals surface area contributed by atoms with E-state index in [0.29, 0.717) is 5.82 Å². The van der Waals surface area contributed by atoms with Gasteiger partial charge in [0.2, 0.25) is 0 Å². The van der Waals surface area contributed by atoms with E-state index in [4.69, 9.17) is 4.74 Å². The molecule has 17 heavy (non-hydrogen) atoms. The highest BCUT2D eigenvalue weighted by molar-refractivity contribution is 5.41. The van der Waals surface area contributed by atoms with E-state index in [-0.39, 0.29) is 17.8 Å². The molecule has 1 fully saturated rings. The Hall–Kier alpha value is -1.73. The Morgan fingerprint density at radius 1 is 1.59 bits per heavy atom. The summed E-state index contributed by atoms with van der Waals surface area (Å²) in [5.41, 5.74) is -0.0108. The number of ether oxygens (including phenoxy) is 1. The Kier molecular flexibility index (Phi) is 3.50. The van der Waals surface area contributed by atoms with E-state index in [2.05, 4.69) is 15.6 Å². The molecule has 2 atom stereocenters. The molecule has 1 aromatic rings. The van der Waals surface area contributed by atoms with Crippen LogP contribution in [0.4, 0.5) is 11.5 Å². The summed E-state index contributed by atoms with van der Waals surface area (Å²) in [5, 5.41) is 16.9. The first-order chi connectivity index (χ1) is 8.20. The zero-order valence-corrected chi connectivity index (χ0v) is 9.42. The number of aromatic nitrogens is 1. The van der Waals surface area contributed by atoms with Crippen LogP contribution < -0.4 is 10.6 Å². The first-order valence-corrected chi connectivity index (χ1v) is 5.31. The fourth-order valence-electron chi connectivity index (χ4n) is 1.82. The SMILES string of the molecule is CO[C@H]1CNCC1Nc1ccc([N+](=O)[O-])cn1. The lowest BCUT2D eigenvalue weighted by Crippen LogP contribution is -2.33. The van der Waals surface area contributed by atoms with E-state index in [1.807, 2.05) is 0 Å². The van der Waals surface area contributed by atoms with Crippen LogP contribution in [0.5, 0.6) is 0 Å². The maximum Gasteiger partial charge on any atom is 0.287 e. The van der Waals surface area contributed by atoms with E-state index >= 15 is 0 Å². The van der Waals surface area contributed by atoms with Crippen molar-refractivity contribution in [3.8, 4) is 0 Å². The Balaban J connectivity index is 2.01. The molecule has 0 spiro atoms. The van der Waals surface area contributed by atoms with Crippen LogP contribution in [0.2, 0.25) is 0 Å². The van der Waals surface area contributed by atoms with E-state index in [0.717, 1.165) is 13.1 Å². The van der Waals surface area contributed by atoms with Gasteiger partial charge in [-0.1, -0.05) is 0 Å². The van der Waals surface area contributed by atoms with Gasteiger partial charge in [0.05, 0.1) is 17.1 Å². The van der Waals surface area contributed by atoms with E-state index < -0.39 is 4.92 Å². The van der Waals surface area contributed by atoms with Gasteiger partial charge in [-0.25, -0.2) is 4.98 Å². The second kappa shape index (κ2) is 5.07. The van der Waals surface area contributed by atoms with E-state index in [1.165, 1.54) is 12.3 Å². The van der Waals surface area contributed by atoms with Crippen LogP contribution in [-0.2, 0) is 4.74 Å². The van der Waals surface area contributed by atoms with Gasteiger partial charge in [-0.15, -0.1) is 0 Å². The lowest BCUT2D eigenvalue weighted by molar-refractivity contribution is -0.385. The summed E-state index contributed by atoms with van der Waals surface area (Å²) in [6, 6.07) is 3.16. The molecule has 0 saturated carbocycles. The van der Waals surface area contributed by atoms with Crippen molar-refractivity contribution in [1.82, 2.24) is 10.3 Å². The first-order valence-electron chi connectivity index (χ1n) is 5.31. The number of nitrogens with one attached hydrogen (secondary N) is 2. The molecular weight excluding hydrogens is 224 g/mol. The first kappa shape index (κ1) is 11.7. The van der Waals surface area contributed by atoms with Gasteiger partial charge in [0.15, 0.2) is 0 Å². The van der Waals surface area contributed by atoms with Crippen LogP contribution >= 0.6 is 0 Å². The standard InChI is InChI=1S/C10H14N4O3/c1-17-9-6-11-5-8(9)13-10-3-2-7(4-12-10)14(15)16/h2-4,8-9,11H,5-6H2,1H3,(H,12,13)/t8?,9-/m0/s1. The maximum atomic E-state index is 10.5. The fourth-order valence-corrected chi connectivity index (χ4v) is 1.82. The Morgan fingerprint density at radius 2 is 2.41 bits per heavy atom. The summed E-state index contributed by atoms with van der Waals surface area (Å²) >= 11 is 0.